The van der Waals surface area contributed by atoms with Gasteiger partial charge < -0.3 is 15.0 Å². The molecule has 1 aliphatic rings. The summed E-state index contributed by atoms with van der Waals surface area (Å²) < 4.78 is 5.27. The quantitative estimate of drug-likeness (QED) is 0.766. The van der Waals surface area contributed by atoms with Crippen molar-refractivity contribution < 1.29 is 14.3 Å². The fourth-order valence-electron chi connectivity index (χ4n) is 3.86. The Kier molecular flexibility index (Phi) is 6.86. The number of carbonyl (C=O) groups is 2. The maximum atomic E-state index is 13.2. The summed E-state index contributed by atoms with van der Waals surface area (Å²) in [5.74, 6) is 0.969. The number of carbonyl (C=O) groups excluding carboxylic acids is 2. The molecule has 1 aromatic heterocycles. The number of hydrogen-bond acceptors (Lipinski definition) is 4. The summed E-state index contributed by atoms with van der Waals surface area (Å²) >= 11 is 0. The molecule has 154 valence electrons. The molecule has 1 N–H and O–H groups in total. The van der Waals surface area contributed by atoms with Crippen LogP contribution >= 0.6 is 0 Å². The number of likely N-dealkylation sites (tertiary alicyclic amines) is 1. The van der Waals surface area contributed by atoms with E-state index in [2.05, 4.69) is 17.2 Å². The minimum atomic E-state index is -0.333. The number of unbranched alkanes of at least 4 members (excludes halogenated alkanes) is 1. The molecular weight excluding hydrogens is 366 g/mol. The van der Waals surface area contributed by atoms with Crippen LogP contribution in [0.3, 0.4) is 0 Å². The lowest BCUT2D eigenvalue weighted by molar-refractivity contribution is -0.142. The van der Waals surface area contributed by atoms with Crippen LogP contribution in [0.15, 0.2) is 42.5 Å². The molecule has 1 aromatic carbocycles. The Bertz CT molecular complexity index is 851. The Morgan fingerprint density at radius 2 is 2.00 bits per heavy atom. The number of benzene rings is 1. The third kappa shape index (κ3) is 4.94. The Labute approximate surface area is 172 Å². The van der Waals surface area contributed by atoms with E-state index in [4.69, 9.17) is 4.74 Å². The van der Waals surface area contributed by atoms with Crippen molar-refractivity contribution in [2.24, 2.45) is 5.92 Å². The number of nitrogens with one attached hydrogen (secondary N) is 1. The highest BCUT2D eigenvalue weighted by atomic mass is 16.5. The maximum absolute atomic E-state index is 13.2. The number of pyridine rings is 1. The zero-order valence-corrected chi connectivity index (χ0v) is 17.4. The van der Waals surface area contributed by atoms with E-state index in [1.54, 1.807) is 13.2 Å². The van der Waals surface area contributed by atoms with Crippen molar-refractivity contribution in [3.05, 3.63) is 53.7 Å². The normalized spacial score (nSPS) is 19.1. The van der Waals surface area contributed by atoms with Gasteiger partial charge >= 0.3 is 0 Å². The molecule has 2 unspecified atom stereocenters. The molecular formula is C23H29N3O3. The van der Waals surface area contributed by atoms with Gasteiger partial charge in [-0.3, -0.25) is 9.59 Å². The lowest BCUT2D eigenvalue weighted by atomic mass is 9.83. The van der Waals surface area contributed by atoms with Gasteiger partial charge in [-0.25, -0.2) is 4.98 Å². The van der Waals surface area contributed by atoms with Crippen molar-refractivity contribution in [1.82, 2.24) is 9.88 Å². The molecule has 2 amide bonds. The second-order valence-corrected chi connectivity index (χ2v) is 7.46. The molecule has 1 saturated heterocycles. The van der Waals surface area contributed by atoms with Crippen LogP contribution in [0.2, 0.25) is 0 Å². The van der Waals surface area contributed by atoms with E-state index >= 15 is 0 Å². The lowest BCUT2D eigenvalue weighted by Gasteiger charge is -2.41. The SMILES string of the molecule is CCCCN1C(=O)CCC(C(=O)Nc2cccc(C)n2)C1c1ccc(OC)cc1. The first-order valence-electron chi connectivity index (χ1n) is 10.2. The summed E-state index contributed by atoms with van der Waals surface area (Å²) in [5.41, 5.74) is 1.80. The summed E-state index contributed by atoms with van der Waals surface area (Å²) in [5, 5.41) is 2.95. The number of methoxy groups -OCH3 is 1. The molecule has 6 nitrogen and oxygen atoms in total. The van der Waals surface area contributed by atoms with Gasteiger partial charge in [0.1, 0.15) is 11.6 Å². The van der Waals surface area contributed by atoms with E-state index in [0.717, 1.165) is 29.8 Å². The van der Waals surface area contributed by atoms with Crippen LogP contribution in [-0.4, -0.2) is 35.4 Å². The molecule has 2 aromatic rings. The second kappa shape index (κ2) is 9.54. The molecule has 2 atom stereocenters. The highest BCUT2D eigenvalue weighted by molar-refractivity contribution is 5.94. The van der Waals surface area contributed by atoms with E-state index in [9.17, 15) is 9.59 Å². The fourth-order valence-corrected chi connectivity index (χ4v) is 3.86. The molecule has 0 radical (unpaired) electrons. The standard InChI is InChI=1S/C23H29N3O3/c1-4-5-15-26-21(27)14-13-19(22(26)17-9-11-18(29-3)12-10-17)23(28)25-20-8-6-7-16(2)24-20/h6-12,19,22H,4-5,13-15H2,1-3H3,(H,24,25,28). The van der Waals surface area contributed by atoms with Gasteiger partial charge in [0, 0.05) is 18.7 Å². The van der Waals surface area contributed by atoms with Gasteiger partial charge in [-0.15, -0.1) is 0 Å². The summed E-state index contributed by atoms with van der Waals surface area (Å²) in [6.45, 7) is 4.64. The van der Waals surface area contributed by atoms with Crippen molar-refractivity contribution in [1.29, 1.82) is 0 Å². The topological polar surface area (TPSA) is 71.5 Å². The highest BCUT2D eigenvalue weighted by Gasteiger charge is 2.40. The zero-order valence-electron chi connectivity index (χ0n) is 17.4. The van der Waals surface area contributed by atoms with Crippen LogP contribution < -0.4 is 10.1 Å². The summed E-state index contributed by atoms with van der Waals surface area (Å²) in [6.07, 6.45) is 2.81. The number of rotatable bonds is 7. The summed E-state index contributed by atoms with van der Waals surface area (Å²) in [7, 11) is 1.62. The van der Waals surface area contributed by atoms with Crippen molar-refractivity contribution in [2.45, 2.75) is 45.6 Å². The number of amides is 2. The Morgan fingerprint density at radius 1 is 1.24 bits per heavy atom. The molecule has 6 heteroatoms. The highest BCUT2D eigenvalue weighted by Crippen LogP contribution is 2.38. The van der Waals surface area contributed by atoms with E-state index in [1.807, 2.05) is 48.2 Å². The largest absolute Gasteiger partial charge is 0.497 e. The van der Waals surface area contributed by atoms with Crippen LogP contribution in [0.25, 0.3) is 0 Å². The van der Waals surface area contributed by atoms with Crippen LogP contribution in [0.4, 0.5) is 5.82 Å². The first-order valence-corrected chi connectivity index (χ1v) is 10.2. The first-order chi connectivity index (χ1) is 14.0. The van der Waals surface area contributed by atoms with Gasteiger partial charge in [-0.05, 0) is 49.6 Å². The van der Waals surface area contributed by atoms with Crippen molar-refractivity contribution in [3.8, 4) is 5.75 Å². The number of piperidine rings is 1. The Balaban J connectivity index is 1.90. The smallest absolute Gasteiger partial charge is 0.231 e. The molecule has 1 aliphatic heterocycles. The third-order valence-corrected chi connectivity index (χ3v) is 5.39. The number of hydrogen-bond donors (Lipinski definition) is 1. The maximum Gasteiger partial charge on any atom is 0.231 e. The molecule has 29 heavy (non-hydrogen) atoms. The van der Waals surface area contributed by atoms with Gasteiger partial charge in [0.05, 0.1) is 19.1 Å². The van der Waals surface area contributed by atoms with E-state index < -0.39 is 0 Å². The predicted octanol–water partition coefficient (Wildman–Crippen LogP) is 4.12. The van der Waals surface area contributed by atoms with E-state index in [0.29, 0.717) is 25.2 Å². The number of aryl methyl sites for hydroxylation is 1. The number of aromatic nitrogens is 1. The van der Waals surface area contributed by atoms with Crippen molar-refractivity contribution in [3.63, 3.8) is 0 Å². The third-order valence-electron chi connectivity index (χ3n) is 5.39. The van der Waals surface area contributed by atoms with Gasteiger partial charge in [-0.2, -0.15) is 0 Å². The number of ether oxygens (including phenoxy) is 1. The fraction of sp³-hybridized carbons (Fsp3) is 0.435. The predicted molar refractivity (Wildman–Crippen MR) is 113 cm³/mol. The zero-order chi connectivity index (χ0) is 20.8. The van der Waals surface area contributed by atoms with Gasteiger partial charge in [0.15, 0.2) is 0 Å². The first kappa shape index (κ1) is 20.8. The monoisotopic (exact) mass is 395 g/mol. The van der Waals surface area contributed by atoms with Crippen molar-refractivity contribution in [2.75, 3.05) is 19.0 Å². The summed E-state index contributed by atoms with van der Waals surface area (Å²) in [6, 6.07) is 12.9. The molecule has 0 spiro atoms. The Morgan fingerprint density at radius 3 is 2.66 bits per heavy atom. The molecule has 0 bridgehead atoms. The molecule has 0 saturated carbocycles. The minimum Gasteiger partial charge on any atom is -0.497 e. The molecule has 2 heterocycles. The number of nitrogens with zero attached hydrogens (tertiary/aromatic N) is 2. The van der Waals surface area contributed by atoms with Crippen LogP contribution in [0, 0.1) is 12.8 Å². The summed E-state index contributed by atoms with van der Waals surface area (Å²) in [4.78, 5) is 32.2. The van der Waals surface area contributed by atoms with Gasteiger partial charge in [-0.1, -0.05) is 31.5 Å². The second-order valence-electron chi connectivity index (χ2n) is 7.46. The van der Waals surface area contributed by atoms with Crippen LogP contribution in [0.5, 0.6) is 5.75 Å². The van der Waals surface area contributed by atoms with E-state index in [1.165, 1.54) is 0 Å². The average Bonchev–Trinajstić information content (AvgIpc) is 2.72. The van der Waals surface area contributed by atoms with Crippen molar-refractivity contribution >= 4 is 17.6 Å². The minimum absolute atomic E-state index is 0.0992. The number of anilines is 1. The van der Waals surface area contributed by atoms with E-state index in [-0.39, 0.29) is 23.8 Å². The molecule has 3 rings (SSSR count). The molecule has 1 fully saturated rings. The van der Waals surface area contributed by atoms with Crippen LogP contribution in [0.1, 0.15) is 49.9 Å². The average molecular weight is 396 g/mol. The van der Waals surface area contributed by atoms with Gasteiger partial charge in [0.2, 0.25) is 11.8 Å². The Hall–Kier alpha value is -2.89. The molecule has 0 aliphatic carbocycles. The van der Waals surface area contributed by atoms with Crippen LogP contribution in [-0.2, 0) is 9.59 Å². The van der Waals surface area contributed by atoms with Gasteiger partial charge in [0.25, 0.3) is 0 Å². The lowest BCUT2D eigenvalue weighted by Crippen LogP contribution is -2.47.